The molecular weight excluding hydrogens is 266 g/mol. The highest BCUT2D eigenvalue weighted by Gasteiger charge is 2.20. The third-order valence-electron chi connectivity index (χ3n) is 4.13. The minimum Gasteiger partial charge on any atom is -0.463 e. The van der Waals surface area contributed by atoms with Crippen molar-refractivity contribution in [2.75, 3.05) is 12.3 Å². The number of nitrogen functional groups attached to an aromatic ring is 1. The van der Waals surface area contributed by atoms with Crippen LogP contribution in [0, 0.1) is 0 Å². The maximum Gasteiger partial charge on any atom is 0.320 e. The fourth-order valence-corrected chi connectivity index (χ4v) is 2.92. The molecule has 21 heavy (non-hydrogen) atoms. The van der Waals surface area contributed by atoms with Crippen molar-refractivity contribution in [2.24, 2.45) is 0 Å². The van der Waals surface area contributed by atoms with Gasteiger partial charge in [0.25, 0.3) is 0 Å². The second kappa shape index (κ2) is 6.28. The fourth-order valence-electron chi connectivity index (χ4n) is 2.92. The summed E-state index contributed by atoms with van der Waals surface area (Å²) in [6.45, 7) is 2.75. The topological polar surface area (TPSA) is 78.9 Å². The van der Waals surface area contributed by atoms with E-state index in [-0.39, 0.29) is 0 Å². The van der Waals surface area contributed by atoms with Crippen molar-refractivity contribution in [1.82, 2.24) is 19.5 Å². The molecule has 2 aromatic rings. The van der Waals surface area contributed by atoms with E-state index in [1.165, 1.54) is 32.1 Å². The Morgan fingerprint density at radius 1 is 1.29 bits per heavy atom. The van der Waals surface area contributed by atoms with E-state index < -0.39 is 0 Å². The van der Waals surface area contributed by atoms with Gasteiger partial charge >= 0.3 is 6.01 Å². The lowest BCUT2D eigenvalue weighted by Crippen LogP contribution is -2.13. The third kappa shape index (κ3) is 2.94. The number of rotatable bonds is 5. The van der Waals surface area contributed by atoms with Crippen LogP contribution in [-0.2, 0) is 0 Å². The second-order valence-electron chi connectivity index (χ2n) is 5.71. The van der Waals surface area contributed by atoms with Gasteiger partial charge in [0.05, 0.1) is 12.9 Å². The van der Waals surface area contributed by atoms with E-state index in [1.807, 2.05) is 6.33 Å². The predicted octanol–water partition coefficient (Wildman–Crippen LogP) is 3.09. The quantitative estimate of drug-likeness (QED) is 0.856. The van der Waals surface area contributed by atoms with Gasteiger partial charge in [-0.3, -0.25) is 0 Å². The Morgan fingerprint density at radius 3 is 2.86 bits per heavy atom. The van der Waals surface area contributed by atoms with Crippen LogP contribution < -0.4 is 10.5 Å². The zero-order chi connectivity index (χ0) is 14.7. The Labute approximate surface area is 124 Å². The zero-order valence-corrected chi connectivity index (χ0v) is 12.6. The molecule has 0 atom stereocenters. The standard InChI is InChI=1S/C15H23N5O/c1-2-3-9-21-15-18-13(16)12-14(19-15)20(10-17-12)11-7-5-4-6-8-11/h10-11H,2-9H2,1H3,(H2,16,18,19). The van der Waals surface area contributed by atoms with Crippen LogP contribution in [0.1, 0.15) is 57.9 Å². The predicted molar refractivity (Wildman–Crippen MR) is 82.3 cm³/mol. The molecule has 114 valence electrons. The number of anilines is 1. The van der Waals surface area contributed by atoms with Crippen LogP contribution in [0.2, 0.25) is 0 Å². The van der Waals surface area contributed by atoms with Crippen LogP contribution >= 0.6 is 0 Å². The molecule has 0 bridgehead atoms. The van der Waals surface area contributed by atoms with Crippen molar-refractivity contribution >= 4 is 17.0 Å². The van der Waals surface area contributed by atoms with Crippen LogP contribution in [0.5, 0.6) is 6.01 Å². The van der Waals surface area contributed by atoms with Crippen molar-refractivity contribution in [2.45, 2.75) is 57.9 Å². The summed E-state index contributed by atoms with van der Waals surface area (Å²) in [4.78, 5) is 13.1. The first-order valence-electron chi connectivity index (χ1n) is 7.92. The molecule has 0 unspecified atom stereocenters. The first-order chi connectivity index (χ1) is 10.3. The van der Waals surface area contributed by atoms with Gasteiger partial charge < -0.3 is 15.0 Å². The molecule has 3 rings (SSSR count). The molecule has 0 aromatic carbocycles. The highest BCUT2D eigenvalue weighted by molar-refractivity contribution is 5.82. The summed E-state index contributed by atoms with van der Waals surface area (Å²) < 4.78 is 7.76. The zero-order valence-electron chi connectivity index (χ0n) is 12.6. The van der Waals surface area contributed by atoms with Crippen molar-refractivity contribution in [1.29, 1.82) is 0 Å². The van der Waals surface area contributed by atoms with Crippen molar-refractivity contribution in [3.8, 4) is 6.01 Å². The number of hydrogen-bond donors (Lipinski definition) is 1. The maximum absolute atomic E-state index is 6.00. The van der Waals surface area contributed by atoms with Gasteiger partial charge in [-0.15, -0.1) is 0 Å². The lowest BCUT2D eigenvalue weighted by Gasteiger charge is -2.23. The van der Waals surface area contributed by atoms with Gasteiger partial charge in [0.2, 0.25) is 0 Å². The first kappa shape index (κ1) is 14.1. The molecule has 2 aromatic heterocycles. The van der Waals surface area contributed by atoms with Gasteiger partial charge in [0.15, 0.2) is 17.0 Å². The van der Waals surface area contributed by atoms with Crippen molar-refractivity contribution in [3.63, 3.8) is 0 Å². The number of hydrogen-bond acceptors (Lipinski definition) is 5. The van der Waals surface area contributed by atoms with E-state index in [1.54, 1.807) is 0 Å². The van der Waals surface area contributed by atoms with Crippen LogP contribution in [0.3, 0.4) is 0 Å². The minimum absolute atomic E-state index is 0.367. The summed E-state index contributed by atoms with van der Waals surface area (Å²) >= 11 is 0. The summed E-state index contributed by atoms with van der Waals surface area (Å²) in [5.41, 5.74) is 7.49. The number of aromatic nitrogens is 4. The lowest BCUT2D eigenvalue weighted by molar-refractivity contribution is 0.286. The Balaban J connectivity index is 1.90. The van der Waals surface area contributed by atoms with Crippen LogP contribution in [-0.4, -0.2) is 26.1 Å². The molecule has 0 amide bonds. The molecule has 6 nitrogen and oxygen atoms in total. The molecule has 0 saturated heterocycles. The Kier molecular flexibility index (Phi) is 4.22. The van der Waals surface area contributed by atoms with Crippen LogP contribution in [0.4, 0.5) is 5.82 Å². The number of nitrogens with two attached hydrogens (primary N) is 1. The van der Waals surface area contributed by atoms with Gasteiger partial charge in [0, 0.05) is 6.04 Å². The first-order valence-corrected chi connectivity index (χ1v) is 7.92. The second-order valence-corrected chi connectivity index (χ2v) is 5.71. The largest absolute Gasteiger partial charge is 0.463 e. The van der Waals surface area contributed by atoms with Crippen molar-refractivity contribution in [3.05, 3.63) is 6.33 Å². The minimum atomic E-state index is 0.367. The summed E-state index contributed by atoms with van der Waals surface area (Å²) in [7, 11) is 0. The van der Waals surface area contributed by atoms with Crippen LogP contribution in [0.25, 0.3) is 11.2 Å². The van der Waals surface area contributed by atoms with E-state index in [0.717, 1.165) is 18.5 Å². The van der Waals surface area contributed by atoms with E-state index in [2.05, 4.69) is 26.4 Å². The van der Waals surface area contributed by atoms with Gasteiger partial charge in [-0.05, 0) is 19.3 Å². The van der Waals surface area contributed by atoms with Gasteiger partial charge in [-0.1, -0.05) is 32.6 Å². The number of unbranched alkanes of at least 4 members (excludes halogenated alkanes) is 1. The summed E-state index contributed by atoms with van der Waals surface area (Å²) in [5.74, 6) is 0.404. The highest BCUT2D eigenvalue weighted by atomic mass is 16.5. The molecular formula is C15H23N5O. The summed E-state index contributed by atoms with van der Waals surface area (Å²) in [6, 6.07) is 0.840. The highest BCUT2D eigenvalue weighted by Crippen LogP contribution is 2.31. The molecule has 0 spiro atoms. The van der Waals surface area contributed by atoms with E-state index in [9.17, 15) is 0 Å². The fraction of sp³-hybridized carbons (Fsp3) is 0.667. The van der Waals surface area contributed by atoms with E-state index >= 15 is 0 Å². The SMILES string of the molecule is CCCCOc1nc(N)c2ncn(C3CCCCC3)c2n1. The third-order valence-corrected chi connectivity index (χ3v) is 4.13. The molecule has 0 radical (unpaired) electrons. The van der Waals surface area contributed by atoms with Gasteiger partial charge in [-0.25, -0.2) is 4.98 Å². The average molecular weight is 289 g/mol. The molecule has 2 heterocycles. The Hall–Kier alpha value is -1.85. The van der Waals surface area contributed by atoms with Crippen LogP contribution in [0.15, 0.2) is 6.33 Å². The monoisotopic (exact) mass is 289 g/mol. The molecule has 6 heteroatoms. The number of imidazole rings is 1. The Morgan fingerprint density at radius 2 is 2.10 bits per heavy atom. The molecule has 1 fully saturated rings. The molecule has 1 saturated carbocycles. The lowest BCUT2D eigenvalue weighted by atomic mass is 9.95. The number of fused-ring (bicyclic) bond motifs is 1. The van der Waals surface area contributed by atoms with Gasteiger partial charge in [0.1, 0.15) is 0 Å². The van der Waals surface area contributed by atoms with Crippen molar-refractivity contribution < 1.29 is 4.74 Å². The summed E-state index contributed by atoms with van der Waals surface area (Å²) in [6.07, 6.45) is 10.1. The Bertz CT molecular complexity index is 603. The molecule has 0 aliphatic heterocycles. The van der Waals surface area contributed by atoms with Gasteiger partial charge in [-0.2, -0.15) is 9.97 Å². The average Bonchev–Trinajstić information content (AvgIpc) is 2.93. The molecule has 1 aliphatic rings. The smallest absolute Gasteiger partial charge is 0.320 e. The normalized spacial score (nSPS) is 16.4. The molecule has 1 aliphatic carbocycles. The molecule has 2 N–H and O–H groups in total. The van der Waals surface area contributed by atoms with E-state index in [0.29, 0.717) is 30.0 Å². The maximum atomic E-state index is 6.00. The number of nitrogens with zero attached hydrogens (tertiary/aromatic N) is 4. The number of ether oxygens (including phenoxy) is 1. The summed E-state index contributed by atoms with van der Waals surface area (Å²) in [5, 5.41) is 0. The van der Waals surface area contributed by atoms with E-state index in [4.69, 9.17) is 10.5 Å².